The zero-order valence-electron chi connectivity index (χ0n) is 76.4. The van der Waals surface area contributed by atoms with Gasteiger partial charge in [0.1, 0.15) is 96.7 Å². The highest BCUT2D eigenvalue weighted by Gasteiger charge is 2.42. The molecule has 131 heavy (non-hydrogen) atoms. The van der Waals surface area contributed by atoms with E-state index in [4.69, 9.17) is 34.1 Å². The summed E-state index contributed by atoms with van der Waals surface area (Å²) in [4.78, 5) is 310. The summed E-state index contributed by atoms with van der Waals surface area (Å²) in [5, 5.41) is 96.6. The molecular weight excluding hydrogens is 1730 g/mol. The first-order valence-electron chi connectivity index (χ1n) is 42.9. The van der Waals surface area contributed by atoms with Crippen molar-refractivity contribution in [1.82, 2.24) is 90.4 Å². The molecule has 0 saturated heterocycles. The number of rotatable bonds is 65. The van der Waals surface area contributed by atoms with Gasteiger partial charge in [0.05, 0.1) is 25.9 Å². The normalized spacial score (nSPS) is 15.3. The lowest BCUT2D eigenvalue weighted by molar-refractivity contribution is -0.142. The van der Waals surface area contributed by atoms with E-state index < -0.39 is 345 Å². The van der Waals surface area contributed by atoms with Crippen molar-refractivity contribution in [2.45, 2.75) is 303 Å². The van der Waals surface area contributed by atoms with Crippen LogP contribution in [0.25, 0.3) is 0 Å². The summed E-state index contributed by atoms with van der Waals surface area (Å²) in [6.45, 7) is 19.5. The highest BCUT2D eigenvalue weighted by Crippen LogP contribution is 2.18. The van der Waals surface area contributed by atoms with E-state index in [9.17, 15) is 136 Å². The SMILES string of the molecule is CC[C@H](C)[C@H](NC(=O)[C@H](CCC(=O)O)NC(=O)[C@H](CCCCN)NC(=O)[C@H](CCC(N)=O)NC(=O)[C@@H](NC(=O)[C@H](CC(N)=O)NC(=O)[C@@H](NC(=O)[C@@H](NC(=O)[C@H](CO)NC(C)=O)C(C)C)C(C)C)[C@@H](C)CC)C(=O)N[C@@H](CC(=O)O)C(=O)N[C@@H](CCCNC(=N)N)C(=O)N[C@@H](CC(C)C)C(=O)N[C@@H](CC(N)=O)C(=O)N[C@@H](CCC(=O)O)C(=O)N[C@H](C(=O)N[C@@H](C)C(=O)O)C(C)C. The number of nitrogens with one attached hydrogen (secondary N) is 18. The summed E-state index contributed by atoms with van der Waals surface area (Å²) in [7, 11) is 0. The first kappa shape index (κ1) is 118. The highest BCUT2D eigenvalue weighted by atomic mass is 16.4. The fourth-order valence-corrected chi connectivity index (χ4v) is 12.6. The van der Waals surface area contributed by atoms with Crippen LogP contribution in [-0.4, -0.2) is 284 Å². The number of guanidine groups is 1. The van der Waals surface area contributed by atoms with Gasteiger partial charge >= 0.3 is 23.9 Å². The Hall–Kier alpha value is -13.0. The third-order valence-electron chi connectivity index (χ3n) is 20.4. The van der Waals surface area contributed by atoms with E-state index in [-0.39, 0.29) is 58.0 Å². The van der Waals surface area contributed by atoms with Crippen LogP contribution in [0.3, 0.4) is 0 Å². The van der Waals surface area contributed by atoms with Gasteiger partial charge in [0.15, 0.2) is 5.96 Å². The van der Waals surface area contributed by atoms with Crippen molar-refractivity contribution >= 4 is 142 Å². The molecule has 0 aliphatic heterocycles. The number of carboxylic acids is 4. The van der Waals surface area contributed by atoms with Crippen LogP contribution in [0.2, 0.25) is 0 Å². The lowest BCUT2D eigenvalue weighted by Gasteiger charge is -2.30. The second-order valence-electron chi connectivity index (χ2n) is 33.2. The minimum absolute atomic E-state index is 0.0189. The van der Waals surface area contributed by atoms with Gasteiger partial charge < -0.3 is 145 Å². The molecule has 0 aliphatic rings. The van der Waals surface area contributed by atoms with Gasteiger partial charge in [-0.25, -0.2) is 0 Å². The summed E-state index contributed by atoms with van der Waals surface area (Å²) in [6, 6.07) is -27.5. The van der Waals surface area contributed by atoms with Crippen LogP contribution in [0.5, 0.6) is 0 Å². The number of carbonyl (C=O) groups excluding carboxylic acids is 19. The smallest absolute Gasteiger partial charge is 0.325 e. The molecule has 0 aromatic carbocycles. The Kier molecular flexibility index (Phi) is 54.0. The van der Waals surface area contributed by atoms with Gasteiger partial charge in [-0.1, -0.05) is 95.9 Å². The molecule has 0 spiro atoms. The fourth-order valence-electron chi connectivity index (χ4n) is 12.6. The maximum absolute atomic E-state index is 14.7. The van der Waals surface area contributed by atoms with Crippen molar-refractivity contribution in [3.8, 4) is 0 Å². The van der Waals surface area contributed by atoms with Gasteiger partial charge in [-0.05, 0) is 107 Å². The molecule has 0 aromatic rings. The lowest BCUT2D eigenvalue weighted by Crippen LogP contribution is -2.62. The minimum atomic E-state index is -2.15. The first-order chi connectivity index (χ1) is 61.0. The summed E-state index contributed by atoms with van der Waals surface area (Å²) in [5.74, 6) is -32.6. The molecule has 18 atom stereocenters. The van der Waals surface area contributed by atoms with Crippen molar-refractivity contribution in [1.29, 1.82) is 5.41 Å². The number of unbranched alkanes of at least 4 members (excludes halogenated alkanes) is 1. The number of nitrogens with two attached hydrogens (primary N) is 5. The molecule has 0 fully saturated rings. The van der Waals surface area contributed by atoms with Crippen LogP contribution in [0.4, 0.5) is 0 Å². The average molecular weight is 1870 g/mol. The minimum Gasteiger partial charge on any atom is -0.481 e. The van der Waals surface area contributed by atoms with Gasteiger partial charge in [0.2, 0.25) is 112 Å². The van der Waals surface area contributed by atoms with E-state index >= 15 is 0 Å². The molecule has 51 heteroatoms. The number of hydrogen-bond acceptors (Lipinski definition) is 26. The van der Waals surface area contributed by atoms with E-state index in [1.807, 2.05) is 0 Å². The number of carbonyl (C=O) groups is 23. The molecule has 19 amide bonds. The van der Waals surface area contributed by atoms with E-state index in [0.717, 1.165) is 13.8 Å². The summed E-state index contributed by atoms with van der Waals surface area (Å²) < 4.78 is 0. The number of amides is 19. The van der Waals surface area contributed by atoms with E-state index in [0.29, 0.717) is 0 Å². The molecular formula is C80H137N23O28. The Morgan fingerprint density at radius 1 is 0.313 bits per heavy atom. The first-order valence-corrected chi connectivity index (χ1v) is 42.9. The lowest BCUT2D eigenvalue weighted by atomic mass is 9.96. The van der Waals surface area contributed by atoms with Crippen LogP contribution in [0.1, 0.15) is 206 Å². The Balaban J connectivity index is 7.60. The predicted octanol–water partition coefficient (Wildman–Crippen LogP) is -8.42. The summed E-state index contributed by atoms with van der Waals surface area (Å²) >= 11 is 0. The van der Waals surface area contributed by atoms with Crippen molar-refractivity contribution in [3.63, 3.8) is 0 Å². The number of carboxylic acid groups (broad SMARTS) is 4. The predicted molar refractivity (Wildman–Crippen MR) is 464 cm³/mol. The second-order valence-corrected chi connectivity index (χ2v) is 33.2. The average Bonchev–Trinajstić information content (AvgIpc) is 0.840. The number of aliphatic hydroxyl groups is 1. The van der Waals surface area contributed by atoms with Crippen LogP contribution in [0, 0.1) is 40.9 Å². The van der Waals surface area contributed by atoms with Gasteiger partial charge in [-0.2, -0.15) is 0 Å². The molecule has 33 N–H and O–H groups in total. The molecule has 740 valence electrons. The third kappa shape index (κ3) is 45.7. The highest BCUT2D eigenvalue weighted by molar-refractivity contribution is 6.03. The number of hydrogen-bond donors (Lipinski definition) is 28. The fraction of sp³-hybridized carbons (Fsp3) is 0.700. The standard InChI is InChI=1S/C80H137N23O28/c1-15-39(11)62(103-72(123)50(32-55(84)108)97-75(126)60(37(7)8)101-76(127)61(38(9)10)100-73(124)52(34-104)89-42(14)105)77(128)94-45(22-25-53(82)106)66(117)90-43(20-17-18-28-81)64(115)92-47(24-27-57(111)112)68(119)102-63(40(12)16-2)78(129)98-51(33-58(113)114)71(122)91-44(21-19-29-87-80(85)86)65(116)95-48(30-35(3)4)69(120)96-49(31-54(83)107)70(121)93-46(23-26-56(109)110)67(118)99-59(36(5)6)74(125)88-41(13)79(130)131/h35-41,43-52,59-63,104H,15-34,81H2,1-14H3,(H2,82,106)(H2,83,107)(H2,84,108)(H,88,125)(H,89,105)(H,90,117)(H,91,122)(H,92,115)(H,93,121)(H,94,128)(H,95,116)(H,96,120)(H,97,126)(H,98,129)(H,99,118)(H,100,124)(H,101,127)(H,102,119)(H,103,123)(H,109,110)(H,111,112)(H,113,114)(H,130,131)(H4,85,86,87)/t39-,40-,41-,43-,44-,45-,46-,47-,48-,49-,50-,51-,52-,59-,60-,61-,62-,63-/m0/s1. The Morgan fingerprint density at radius 2 is 0.603 bits per heavy atom. The number of aliphatic carboxylic acids is 4. The van der Waals surface area contributed by atoms with E-state index in [1.165, 1.54) is 48.5 Å². The van der Waals surface area contributed by atoms with Crippen LogP contribution in [0.15, 0.2) is 0 Å². The third-order valence-corrected chi connectivity index (χ3v) is 20.4. The quantitative estimate of drug-likeness (QED) is 0.0153. The number of primary amides is 3. The largest absolute Gasteiger partial charge is 0.481 e. The van der Waals surface area contributed by atoms with Crippen LogP contribution in [-0.2, 0) is 110 Å². The van der Waals surface area contributed by atoms with Crippen molar-refractivity contribution in [2.75, 3.05) is 19.7 Å². The Bertz CT molecular complexity index is 4000. The van der Waals surface area contributed by atoms with Crippen molar-refractivity contribution in [2.24, 2.45) is 64.2 Å². The molecule has 0 unspecified atom stereocenters. The van der Waals surface area contributed by atoms with E-state index in [1.54, 1.807) is 34.6 Å². The van der Waals surface area contributed by atoms with Crippen molar-refractivity contribution < 1.29 is 136 Å². The Labute approximate surface area is 757 Å². The van der Waals surface area contributed by atoms with Crippen LogP contribution < -0.4 is 119 Å². The molecule has 0 bridgehead atoms. The molecule has 0 saturated carbocycles. The molecule has 0 radical (unpaired) electrons. The summed E-state index contributed by atoms with van der Waals surface area (Å²) in [5.41, 5.74) is 27.8. The van der Waals surface area contributed by atoms with E-state index in [2.05, 4.69) is 90.4 Å². The molecule has 0 aromatic heterocycles. The van der Waals surface area contributed by atoms with Gasteiger partial charge in [-0.3, -0.25) is 116 Å². The summed E-state index contributed by atoms with van der Waals surface area (Å²) in [6.07, 6.45) is -8.13. The van der Waals surface area contributed by atoms with Gasteiger partial charge in [0.25, 0.3) is 0 Å². The van der Waals surface area contributed by atoms with Crippen LogP contribution >= 0.6 is 0 Å². The maximum atomic E-state index is 14.7. The maximum Gasteiger partial charge on any atom is 0.325 e. The second kappa shape index (κ2) is 60.0. The molecule has 0 aliphatic carbocycles. The van der Waals surface area contributed by atoms with Crippen molar-refractivity contribution in [3.05, 3.63) is 0 Å². The van der Waals surface area contributed by atoms with Gasteiger partial charge in [-0.15, -0.1) is 0 Å². The molecule has 51 nitrogen and oxygen atoms in total. The topological polar surface area (TPSA) is 852 Å². The molecule has 0 heterocycles. The Morgan fingerprint density at radius 3 is 0.939 bits per heavy atom. The van der Waals surface area contributed by atoms with Gasteiger partial charge in [0, 0.05) is 32.7 Å². The zero-order chi connectivity index (χ0) is 101. The molecule has 0 rings (SSSR count). The monoisotopic (exact) mass is 1870 g/mol. The number of aliphatic hydroxyl groups excluding tert-OH is 1. The zero-order valence-corrected chi connectivity index (χ0v) is 76.4.